The molecule has 2 aliphatic rings. The van der Waals surface area contributed by atoms with Crippen molar-refractivity contribution in [2.75, 3.05) is 17.2 Å². The molecule has 1 aromatic rings. The van der Waals surface area contributed by atoms with Gasteiger partial charge in [-0.2, -0.15) is 0 Å². The number of carbonyl (C=O) groups excluding carboxylic acids is 1. The van der Waals surface area contributed by atoms with E-state index in [1.165, 1.54) is 19.3 Å². The fraction of sp³-hybridized carbons (Fsp3) is 0.588. The van der Waals surface area contributed by atoms with E-state index in [1.54, 1.807) is 0 Å². The van der Waals surface area contributed by atoms with Crippen molar-refractivity contribution in [3.63, 3.8) is 0 Å². The zero-order chi connectivity index (χ0) is 14.7. The third-order valence-corrected chi connectivity index (χ3v) is 4.84. The highest BCUT2D eigenvalue weighted by Gasteiger charge is 2.27. The molecule has 21 heavy (non-hydrogen) atoms. The molecular weight excluding hydrogens is 262 g/mol. The van der Waals surface area contributed by atoms with Gasteiger partial charge in [-0.1, -0.05) is 25.5 Å². The van der Waals surface area contributed by atoms with E-state index in [4.69, 9.17) is 0 Å². The van der Waals surface area contributed by atoms with Crippen LogP contribution < -0.4 is 16.0 Å². The second-order valence-electron chi connectivity index (χ2n) is 6.26. The molecule has 1 atom stereocenters. The van der Waals surface area contributed by atoms with Crippen LogP contribution in [0.25, 0.3) is 0 Å². The van der Waals surface area contributed by atoms with Gasteiger partial charge >= 0.3 is 0 Å². The number of fused-ring (bicyclic) bond motifs is 1. The first-order valence-electron chi connectivity index (χ1n) is 8.16. The first-order valence-corrected chi connectivity index (χ1v) is 8.16. The SMILES string of the molecule is CCC1CCC(NC(=O)C2CNc3ccccc3N2)CC1. The maximum absolute atomic E-state index is 12.4. The van der Waals surface area contributed by atoms with Gasteiger partial charge in [-0.05, 0) is 43.7 Å². The molecule has 1 unspecified atom stereocenters. The third-order valence-electron chi connectivity index (χ3n) is 4.84. The van der Waals surface area contributed by atoms with Crippen LogP contribution >= 0.6 is 0 Å². The van der Waals surface area contributed by atoms with E-state index in [9.17, 15) is 4.79 Å². The standard InChI is InChI=1S/C17H25N3O/c1-2-12-7-9-13(10-8-12)19-17(21)16-11-18-14-5-3-4-6-15(14)20-16/h3-6,12-13,16,18,20H,2,7-11H2,1H3,(H,19,21). The van der Waals surface area contributed by atoms with Gasteiger partial charge in [-0.25, -0.2) is 0 Å². The zero-order valence-electron chi connectivity index (χ0n) is 12.7. The summed E-state index contributed by atoms with van der Waals surface area (Å²) in [6, 6.07) is 8.21. The first kappa shape index (κ1) is 14.2. The van der Waals surface area contributed by atoms with Crippen LogP contribution in [0.15, 0.2) is 24.3 Å². The molecular formula is C17H25N3O. The topological polar surface area (TPSA) is 53.2 Å². The lowest BCUT2D eigenvalue weighted by atomic mass is 9.84. The summed E-state index contributed by atoms with van der Waals surface area (Å²) in [6.07, 6.45) is 6.02. The summed E-state index contributed by atoms with van der Waals surface area (Å²) < 4.78 is 0. The lowest BCUT2D eigenvalue weighted by Gasteiger charge is -2.32. The summed E-state index contributed by atoms with van der Waals surface area (Å²) in [4.78, 5) is 12.4. The van der Waals surface area contributed by atoms with Crippen molar-refractivity contribution in [3.05, 3.63) is 24.3 Å². The highest BCUT2D eigenvalue weighted by molar-refractivity contribution is 5.88. The number of rotatable bonds is 3. The Morgan fingerprint density at radius 3 is 2.62 bits per heavy atom. The van der Waals surface area contributed by atoms with Gasteiger partial charge in [-0.3, -0.25) is 4.79 Å². The van der Waals surface area contributed by atoms with Crippen molar-refractivity contribution in [2.45, 2.75) is 51.1 Å². The summed E-state index contributed by atoms with van der Waals surface area (Å²) in [7, 11) is 0. The van der Waals surface area contributed by atoms with Crippen LogP contribution in [0.2, 0.25) is 0 Å². The number of hydrogen-bond acceptors (Lipinski definition) is 3. The average Bonchev–Trinajstić information content (AvgIpc) is 2.55. The van der Waals surface area contributed by atoms with Gasteiger partial charge in [0.15, 0.2) is 0 Å². The number of hydrogen-bond donors (Lipinski definition) is 3. The minimum atomic E-state index is -0.177. The van der Waals surface area contributed by atoms with E-state index in [1.807, 2.05) is 24.3 Å². The third kappa shape index (κ3) is 3.31. The Kier molecular flexibility index (Phi) is 4.32. The maximum atomic E-state index is 12.4. The number of para-hydroxylation sites is 2. The Morgan fingerprint density at radius 2 is 1.90 bits per heavy atom. The number of nitrogens with one attached hydrogen (secondary N) is 3. The van der Waals surface area contributed by atoms with E-state index in [2.05, 4.69) is 22.9 Å². The van der Waals surface area contributed by atoms with E-state index in [0.717, 1.165) is 30.1 Å². The molecule has 1 heterocycles. The molecule has 0 aromatic heterocycles. The summed E-state index contributed by atoms with van der Waals surface area (Å²) in [6.45, 7) is 2.91. The summed E-state index contributed by atoms with van der Waals surface area (Å²) in [5.74, 6) is 0.983. The quantitative estimate of drug-likeness (QED) is 0.801. The van der Waals surface area contributed by atoms with Gasteiger partial charge in [0.05, 0.1) is 11.4 Å². The smallest absolute Gasteiger partial charge is 0.244 e. The molecule has 1 saturated carbocycles. The van der Waals surface area contributed by atoms with Gasteiger partial charge in [0.2, 0.25) is 5.91 Å². The normalized spacial score (nSPS) is 28.0. The van der Waals surface area contributed by atoms with Gasteiger partial charge in [-0.15, -0.1) is 0 Å². The van der Waals surface area contributed by atoms with Crippen LogP contribution in [0.1, 0.15) is 39.0 Å². The zero-order valence-corrected chi connectivity index (χ0v) is 12.7. The Morgan fingerprint density at radius 1 is 1.19 bits per heavy atom. The maximum Gasteiger partial charge on any atom is 0.244 e. The minimum Gasteiger partial charge on any atom is -0.381 e. The Bertz CT molecular complexity index is 495. The predicted molar refractivity (Wildman–Crippen MR) is 86.5 cm³/mol. The summed E-state index contributed by atoms with van der Waals surface area (Å²) >= 11 is 0. The highest BCUT2D eigenvalue weighted by Crippen LogP contribution is 2.27. The highest BCUT2D eigenvalue weighted by atomic mass is 16.2. The van der Waals surface area contributed by atoms with E-state index < -0.39 is 0 Å². The number of amides is 1. The van der Waals surface area contributed by atoms with Crippen molar-refractivity contribution >= 4 is 17.3 Å². The van der Waals surface area contributed by atoms with Crippen molar-refractivity contribution in [1.29, 1.82) is 0 Å². The van der Waals surface area contributed by atoms with Crippen molar-refractivity contribution in [1.82, 2.24) is 5.32 Å². The van der Waals surface area contributed by atoms with Crippen LogP contribution in [0.4, 0.5) is 11.4 Å². The molecule has 0 radical (unpaired) electrons. The lowest BCUT2D eigenvalue weighted by molar-refractivity contribution is -0.122. The monoisotopic (exact) mass is 287 g/mol. The molecule has 0 bridgehead atoms. The Hall–Kier alpha value is -1.71. The largest absolute Gasteiger partial charge is 0.381 e. The van der Waals surface area contributed by atoms with Crippen LogP contribution in [0, 0.1) is 5.92 Å². The molecule has 1 aliphatic carbocycles. The van der Waals surface area contributed by atoms with Gasteiger partial charge in [0, 0.05) is 12.6 Å². The fourth-order valence-corrected chi connectivity index (χ4v) is 3.39. The van der Waals surface area contributed by atoms with Gasteiger partial charge in [0.25, 0.3) is 0 Å². The number of carbonyl (C=O) groups is 1. The van der Waals surface area contributed by atoms with Crippen molar-refractivity contribution < 1.29 is 4.79 Å². The Balaban J connectivity index is 1.53. The molecule has 114 valence electrons. The minimum absolute atomic E-state index is 0.122. The molecule has 4 heteroatoms. The molecule has 1 aromatic carbocycles. The predicted octanol–water partition coefficient (Wildman–Crippen LogP) is 2.98. The summed E-state index contributed by atoms with van der Waals surface area (Å²) in [5.41, 5.74) is 2.09. The number of benzene rings is 1. The van der Waals surface area contributed by atoms with E-state index in [0.29, 0.717) is 12.6 Å². The van der Waals surface area contributed by atoms with Crippen molar-refractivity contribution in [3.8, 4) is 0 Å². The lowest BCUT2D eigenvalue weighted by Crippen LogP contribution is -2.49. The second kappa shape index (κ2) is 6.37. The van der Waals surface area contributed by atoms with Crippen LogP contribution in [-0.4, -0.2) is 24.5 Å². The van der Waals surface area contributed by atoms with E-state index >= 15 is 0 Å². The fourth-order valence-electron chi connectivity index (χ4n) is 3.39. The van der Waals surface area contributed by atoms with E-state index in [-0.39, 0.29) is 11.9 Å². The van der Waals surface area contributed by atoms with Crippen LogP contribution in [-0.2, 0) is 4.79 Å². The molecule has 0 saturated heterocycles. The molecule has 1 aliphatic heterocycles. The summed E-state index contributed by atoms with van der Waals surface area (Å²) in [5, 5.41) is 9.88. The van der Waals surface area contributed by atoms with Crippen LogP contribution in [0.3, 0.4) is 0 Å². The molecule has 0 spiro atoms. The molecule has 1 amide bonds. The average molecular weight is 287 g/mol. The number of anilines is 2. The van der Waals surface area contributed by atoms with Crippen molar-refractivity contribution in [2.24, 2.45) is 5.92 Å². The van der Waals surface area contributed by atoms with Gasteiger partial charge < -0.3 is 16.0 Å². The Labute approximate surface area is 126 Å². The first-order chi connectivity index (χ1) is 10.3. The molecule has 4 nitrogen and oxygen atoms in total. The van der Waals surface area contributed by atoms with Gasteiger partial charge in [0.1, 0.15) is 6.04 Å². The second-order valence-corrected chi connectivity index (χ2v) is 6.26. The molecule has 3 N–H and O–H groups in total. The van der Waals surface area contributed by atoms with Crippen LogP contribution in [0.5, 0.6) is 0 Å². The molecule has 3 rings (SSSR count). The molecule has 1 fully saturated rings.